The molecule has 6 nitrogen and oxygen atoms in total. The average Bonchev–Trinajstić information content (AvgIpc) is 3.45. The SMILES string of the molecule is C=CC(=O)N1Cc2sc(Cl)cc2[C@H](c2ccccc2-c2cn(C(C)(C)CNC(C)=O)nc2C(F)(F)F)C1. The van der Waals surface area contributed by atoms with Crippen LogP contribution in [0.15, 0.2) is 49.2 Å². The van der Waals surface area contributed by atoms with Crippen LogP contribution in [-0.2, 0) is 27.8 Å². The van der Waals surface area contributed by atoms with Crippen molar-refractivity contribution >= 4 is 34.8 Å². The Morgan fingerprint density at radius 1 is 1.24 bits per heavy atom. The van der Waals surface area contributed by atoms with Gasteiger partial charge in [0.05, 0.1) is 16.4 Å². The second-order valence-corrected chi connectivity index (χ2v) is 11.3. The van der Waals surface area contributed by atoms with E-state index in [1.54, 1.807) is 43.0 Å². The van der Waals surface area contributed by atoms with Gasteiger partial charge in [-0.2, -0.15) is 18.3 Å². The molecule has 3 heterocycles. The van der Waals surface area contributed by atoms with Gasteiger partial charge in [-0.15, -0.1) is 11.3 Å². The number of benzene rings is 1. The van der Waals surface area contributed by atoms with E-state index in [4.69, 9.17) is 11.6 Å². The van der Waals surface area contributed by atoms with Gasteiger partial charge in [0.1, 0.15) is 0 Å². The Labute approximate surface area is 221 Å². The lowest BCUT2D eigenvalue weighted by Gasteiger charge is -2.33. The summed E-state index contributed by atoms with van der Waals surface area (Å²) in [5, 5.41) is 6.59. The van der Waals surface area contributed by atoms with E-state index < -0.39 is 23.3 Å². The third kappa shape index (κ3) is 5.45. The Hall–Kier alpha value is -3.11. The Kier molecular flexibility index (Phi) is 7.27. The van der Waals surface area contributed by atoms with Gasteiger partial charge >= 0.3 is 6.18 Å². The number of nitrogens with zero attached hydrogens (tertiary/aromatic N) is 3. The van der Waals surface area contributed by atoms with Gasteiger partial charge in [-0.05, 0) is 42.7 Å². The minimum atomic E-state index is -4.72. The van der Waals surface area contributed by atoms with Crippen molar-refractivity contribution in [3.05, 3.63) is 75.2 Å². The first kappa shape index (κ1) is 26.9. The number of carbonyl (C=O) groups is 2. The number of carbonyl (C=O) groups excluding carboxylic acids is 2. The predicted molar refractivity (Wildman–Crippen MR) is 137 cm³/mol. The summed E-state index contributed by atoms with van der Waals surface area (Å²) < 4.78 is 44.6. The van der Waals surface area contributed by atoms with Crippen LogP contribution in [0, 0.1) is 0 Å². The normalized spacial score (nSPS) is 15.9. The maximum atomic E-state index is 14.3. The summed E-state index contributed by atoms with van der Waals surface area (Å²) in [5.41, 5.74) is -0.136. The fourth-order valence-corrected chi connectivity index (χ4v) is 5.86. The third-order valence-corrected chi connectivity index (χ3v) is 7.67. The number of aromatic nitrogens is 2. The lowest BCUT2D eigenvalue weighted by molar-refractivity contribution is -0.141. The zero-order valence-electron chi connectivity index (χ0n) is 20.5. The van der Waals surface area contributed by atoms with E-state index in [0.29, 0.717) is 22.0 Å². The van der Waals surface area contributed by atoms with Crippen molar-refractivity contribution in [1.29, 1.82) is 0 Å². The Bertz CT molecular complexity index is 1360. The lowest BCUT2D eigenvalue weighted by atomic mass is 9.84. The highest BCUT2D eigenvalue weighted by molar-refractivity contribution is 7.16. The van der Waals surface area contributed by atoms with Gasteiger partial charge in [0.25, 0.3) is 0 Å². The molecule has 0 bridgehead atoms. The Morgan fingerprint density at radius 3 is 2.59 bits per heavy atom. The molecule has 0 radical (unpaired) electrons. The van der Waals surface area contributed by atoms with Crippen molar-refractivity contribution < 1.29 is 22.8 Å². The average molecular weight is 551 g/mol. The van der Waals surface area contributed by atoms with Gasteiger partial charge in [-0.1, -0.05) is 42.4 Å². The van der Waals surface area contributed by atoms with Crippen molar-refractivity contribution in [2.24, 2.45) is 0 Å². The van der Waals surface area contributed by atoms with E-state index in [2.05, 4.69) is 17.0 Å². The van der Waals surface area contributed by atoms with Crippen LogP contribution in [-0.4, -0.2) is 39.6 Å². The van der Waals surface area contributed by atoms with E-state index in [9.17, 15) is 22.8 Å². The number of fused-ring (bicyclic) bond motifs is 1. The highest BCUT2D eigenvalue weighted by Crippen LogP contribution is 2.45. The van der Waals surface area contributed by atoms with Crippen LogP contribution < -0.4 is 5.32 Å². The molecule has 0 aliphatic carbocycles. The summed E-state index contributed by atoms with van der Waals surface area (Å²) in [4.78, 5) is 26.4. The van der Waals surface area contributed by atoms with E-state index in [0.717, 1.165) is 10.4 Å². The molecule has 1 atom stereocenters. The van der Waals surface area contributed by atoms with E-state index in [-0.39, 0.29) is 30.5 Å². The summed E-state index contributed by atoms with van der Waals surface area (Å²) in [7, 11) is 0. The van der Waals surface area contributed by atoms with E-state index >= 15 is 0 Å². The fourth-order valence-electron chi connectivity index (χ4n) is 4.51. The first-order valence-electron chi connectivity index (χ1n) is 11.5. The molecule has 0 unspecified atom stereocenters. The molecule has 0 saturated carbocycles. The molecule has 0 fully saturated rings. The molecule has 1 aliphatic heterocycles. The topological polar surface area (TPSA) is 67.2 Å². The summed E-state index contributed by atoms with van der Waals surface area (Å²) in [6.07, 6.45) is -2.11. The summed E-state index contributed by atoms with van der Waals surface area (Å²) >= 11 is 7.67. The third-order valence-electron chi connectivity index (χ3n) is 6.41. The second kappa shape index (κ2) is 9.98. The maximum Gasteiger partial charge on any atom is 0.435 e. The standard InChI is InChI=1S/C26H26ClF3N4O2S/c1-5-23(36)33-11-19(18-10-22(27)37-21(18)13-33)16-8-6-7-9-17(16)20-12-34(32-24(20)26(28,29)30)25(3,4)14-31-15(2)35/h5-10,12,19H,1,11,13-14H2,2-4H3,(H,31,35)/t19-/m0/s1. The number of halogens is 4. The van der Waals surface area contributed by atoms with Gasteiger partial charge in [-0.25, -0.2) is 0 Å². The van der Waals surface area contributed by atoms with Crippen molar-refractivity contribution in [2.75, 3.05) is 13.1 Å². The Morgan fingerprint density at radius 2 is 1.95 bits per heavy atom. The number of hydrogen-bond donors (Lipinski definition) is 1. The number of hydrogen-bond acceptors (Lipinski definition) is 4. The van der Waals surface area contributed by atoms with Crippen LogP contribution in [0.4, 0.5) is 13.2 Å². The molecule has 37 heavy (non-hydrogen) atoms. The van der Waals surface area contributed by atoms with E-state index in [1.165, 1.54) is 35.2 Å². The molecule has 3 aromatic rings. The minimum absolute atomic E-state index is 0.0750. The first-order chi connectivity index (χ1) is 17.3. The quantitative estimate of drug-likeness (QED) is 0.394. The number of alkyl halides is 3. The number of nitrogens with one attached hydrogen (secondary N) is 1. The molecule has 2 amide bonds. The largest absolute Gasteiger partial charge is 0.435 e. The highest BCUT2D eigenvalue weighted by Gasteiger charge is 2.40. The van der Waals surface area contributed by atoms with Crippen LogP contribution in [0.25, 0.3) is 11.1 Å². The molecule has 4 rings (SSSR count). The van der Waals surface area contributed by atoms with Crippen LogP contribution in [0.2, 0.25) is 4.34 Å². The number of rotatable bonds is 6. The molecular formula is C26H26ClF3N4O2S. The van der Waals surface area contributed by atoms with E-state index in [1.807, 2.05) is 6.07 Å². The highest BCUT2D eigenvalue weighted by atomic mass is 35.5. The number of amides is 2. The van der Waals surface area contributed by atoms with Crippen molar-refractivity contribution in [3.63, 3.8) is 0 Å². The first-order valence-corrected chi connectivity index (χ1v) is 12.7. The maximum absolute atomic E-state index is 14.3. The fraction of sp³-hybridized carbons (Fsp3) is 0.346. The summed E-state index contributed by atoms with van der Waals surface area (Å²) in [6, 6.07) is 8.67. The lowest BCUT2D eigenvalue weighted by Crippen LogP contribution is -2.40. The monoisotopic (exact) mass is 550 g/mol. The summed E-state index contributed by atoms with van der Waals surface area (Å²) in [5.74, 6) is -0.950. The summed E-state index contributed by atoms with van der Waals surface area (Å²) in [6.45, 7) is 9.05. The molecule has 2 aromatic heterocycles. The second-order valence-electron chi connectivity index (χ2n) is 9.55. The van der Waals surface area contributed by atoms with Gasteiger partial charge in [0.2, 0.25) is 11.8 Å². The minimum Gasteiger partial charge on any atom is -0.354 e. The molecule has 0 spiro atoms. The van der Waals surface area contributed by atoms with Gasteiger partial charge in [0, 0.05) is 42.6 Å². The van der Waals surface area contributed by atoms with Gasteiger partial charge < -0.3 is 10.2 Å². The van der Waals surface area contributed by atoms with Gasteiger partial charge in [0.15, 0.2) is 5.69 Å². The van der Waals surface area contributed by atoms with Crippen molar-refractivity contribution in [3.8, 4) is 11.1 Å². The molecule has 1 aliphatic rings. The smallest absolute Gasteiger partial charge is 0.354 e. The molecular weight excluding hydrogens is 525 g/mol. The van der Waals surface area contributed by atoms with Crippen LogP contribution in [0.3, 0.4) is 0 Å². The van der Waals surface area contributed by atoms with Crippen molar-refractivity contribution in [2.45, 2.75) is 44.9 Å². The van der Waals surface area contributed by atoms with Crippen LogP contribution in [0.5, 0.6) is 0 Å². The molecule has 1 N–H and O–H groups in total. The van der Waals surface area contributed by atoms with Gasteiger partial charge in [-0.3, -0.25) is 14.3 Å². The molecule has 11 heteroatoms. The zero-order valence-corrected chi connectivity index (χ0v) is 22.1. The molecule has 1 aromatic carbocycles. The molecule has 196 valence electrons. The predicted octanol–water partition coefficient (Wildman–Crippen LogP) is 5.82. The van der Waals surface area contributed by atoms with Crippen LogP contribution in [0.1, 0.15) is 48.4 Å². The van der Waals surface area contributed by atoms with Crippen LogP contribution >= 0.6 is 22.9 Å². The number of thiophene rings is 1. The van der Waals surface area contributed by atoms with Crippen molar-refractivity contribution in [1.82, 2.24) is 20.0 Å². The molecule has 0 saturated heterocycles. The zero-order chi connectivity index (χ0) is 27.1. The Balaban J connectivity index is 1.87.